The zero-order valence-electron chi connectivity index (χ0n) is 11.4. The second kappa shape index (κ2) is 6.18. The highest BCUT2D eigenvalue weighted by Gasteiger charge is 2.09. The Morgan fingerprint density at radius 1 is 1.25 bits per heavy atom. The first-order valence-electron chi connectivity index (χ1n) is 6.20. The fraction of sp³-hybridized carbons (Fsp3) is 0.188. The Morgan fingerprint density at radius 2 is 2.05 bits per heavy atom. The van der Waals surface area contributed by atoms with E-state index >= 15 is 0 Å². The summed E-state index contributed by atoms with van der Waals surface area (Å²) >= 11 is 0. The molecule has 102 valence electrons. The van der Waals surface area contributed by atoms with Crippen LogP contribution in [-0.4, -0.2) is 14.2 Å². The lowest BCUT2D eigenvalue weighted by Crippen LogP contribution is -2.06. The van der Waals surface area contributed by atoms with Gasteiger partial charge in [-0.25, -0.2) is 4.39 Å². The summed E-state index contributed by atoms with van der Waals surface area (Å²) in [5, 5.41) is 12.0. The quantitative estimate of drug-likeness (QED) is 0.928. The van der Waals surface area contributed by atoms with Crippen molar-refractivity contribution in [3.05, 3.63) is 53.3 Å². The van der Waals surface area contributed by atoms with Crippen molar-refractivity contribution in [2.24, 2.45) is 0 Å². The smallest absolute Gasteiger partial charge is 0.125 e. The van der Waals surface area contributed by atoms with Crippen molar-refractivity contribution >= 4 is 0 Å². The van der Waals surface area contributed by atoms with Gasteiger partial charge in [-0.15, -0.1) is 0 Å². The van der Waals surface area contributed by atoms with Crippen molar-refractivity contribution in [3.8, 4) is 22.9 Å². The van der Waals surface area contributed by atoms with Crippen LogP contribution in [0, 0.1) is 17.1 Å². The molecule has 2 aromatic rings. The molecule has 0 spiro atoms. The number of methoxy groups -OCH3 is 1. The number of ether oxygens (including phenoxy) is 1. The number of rotatable bonds is 4. The maximum Gasteiger partial charge on any atom is 0.125 e. The minimum Gasteiger partial charge on any atom is -0.497 e. The van der Waals surface area contributed by atoms with E-state index in [0.29, 0.717) is 17.7 Å². The van der Waals surface area contributed by atoms with Crippen molar-refractivity contribution < 1.29 is 9.13 Å². The highest BCUT2D eigenvalue weighted by atomic mass is 19.1. The van der Waals surface area contributed by atoms with Gasteiger partial charge >= 0.3 is 0 Å². The molecule has 20 heavy (non-hydrogen) atoms. The fourth-order valence-electron chi connectivity index (χ4n) is 2.13. The Labute approximate surface area is 117 Å². The molecule has 2 aromatic carbocycles. The first-order chi connectivity index (χ1) is 9.67. The molecule has 0 radical (unpaired) electrons. The van der Waals surface area contributed by atoms with E-state index in [1.54, 1.807) is 13.2 Å². The Hall–Kier alpha value is -2.38. The molecule has 1 N–H and O–H groups in total. The van der Waals surface area contributed by atoms with Crippen LogP contribution in [0.15, 0.2) is 36.4 Å². The maximum atomic E-state index is 13.6. The summed E-state index contributed by atoms with van der Waals surface area (Å²) in [5.41, 5.74) is 2.87. The van der Waals surface area contributed by atoms with Gasteiger partial charge in [-0.2, -0.15) is 5.26 Å². The van der Waals surface area contributed by atoms with E-state index in [2.05, 4.69) is 5.32 Å². The molecule has 0 saturated heterocycles. The van der Waals surface area contributed by atoms with Gasteiger partial charge in [0.1, 0.15) is 11.6 Å². The van der Waals surface area contributed by atoms with Gasteiger partial charge in [-0.3, -0.25) is 0 Å². The third-order valence-corrected chi connectivity index (χ3v) is 3.02. The van der Waals surface area contributed by atoms with Gasteiger partial charge in [-0.05, 0) is 54.1 Å². The average molecular weight is 270 g/mol. The van der Waals surface area contributed by atoms with Crippen molar-refractivity contribution in [3.63, 3.8) is 0 Å². The molecular weight excluding hydrogens is 255 g/mol. The van der Waals surface area contributed by atoms with Crippen LogP contribution in [0.25, 0.3) is 11.1 Å². The second-order valence-corrected chi connectivity index (χ2v) is 4.39. The molecule has 0 atom stereocenters. The summed E-state index contributed by atoms with van der Waals surface area (Å²) in [6.45, 7) is 0.630. The molecule has 0 aromatic heterocycles. The Morgan fingerprint density at radius 3 is 2.70 bits per heavy atom. The van der Waals surface area contributed by atoms with Crippen LogP contribution in [0.3, 0.4) is 0 Å². The van der Waals surface area contributed by atoms with Gasteiger partial charge in [0.2, 0.25) is 0 Å². The molecule has 4 heteroatoms. The first kappa shape index (κ1) is 14.0. The standard InChI is InChI=1S/C16H15FN2O/c1-19-10-13-8-15(20-2)3-4-16(13)12-5-11(9-18)6-14(17)7-12/h3-8,19H,10H2,1-2H3. The monoisotopic (exact) mass is 270 g/mol. The predicted molar refractivity (Wildman–Crippen MR) is 75.9 cm³/mol. The van der Waals surface area contributed by atoms with E-state index in [0.717, 1.165) is 16.9 Å². The molecule has 0 aliphatic heterocycles. The van der Waals surface area contributed by atoms with Crippen molar-refractivity contribution in [1.29, 1.82) is 5.26 Å². The van der Waals surface area contributed by atoms with Crippen LogP contribution in [-0.2, 0) is 6.54 Å². The lowest BCUT2D eigenvalue weighted by molar-refractivity contribution is 0.414. The van der Waals surface area contributed by atoms with Gasteiger partial charge in [0.15, 0.2) is 0 Å². The van der Waals surface area contributed by atoms with Crippen LogP contribution in [0.2, 0.25) is 0 Å². The number of benzene rings is 2. The zero-order valence-corrected chi connectivity index (χ0v) is 11.4. The number of hydrogen-bond acceptors (Lipinski definition) is 3. The predicted octanol–water partition coefficient (Wildman–Crippen LogP) is 3.09. The molecule has 0 aliphatic carbocycles. The van der Waals surface area contributed by atoms with Crippen LogP contribution in [0.5, 0.6) is 5.75 Å². The van der Waals surface area contributed by atoms with Gasteiger partial charge in [0.25, 0.3) is 0 Å². The molecule has 0 amide bonds. The van der Waals surface area contributed by atoms with Crippen LogP contribution in [0.4, 0.5) is 4.39 Å². The molecule has 0 unspecified atom stereocenters. The van der Waals surface area contributed by atoms with Crippen molar-refractivity contribution in [2.45, 2.75) is 6.54 Å². The number of hydrogen-bond donors (Lipinski definition) is 1. The third-order valence-electron chi connectivity index (χ3n) is 3.02. The first-order valence-corrected chi connectivity index (χ1v) is 6.20. The minimum absolute atomic E-state index is 0.311. The van der Waals surface area contributed by atoms with Crippen molar-refractivity contribution in [2.75, 3.05) is 14.2 Å². The molecule has 0 aliphatic rings. The van der Waals surface area contributed by atoms with Crippen LogP contribution < -0.4 is 10.1 Å². The summed E-state index contributed by atoms with van der Waals surface area (Å²) in [7, 11) is 3.45. The summed E-state index contributed by atoms with van der Waals surface area (Å²) in [6, 6.07) is 11.9. The zero-order chi connectivity index (χ0) is 14.5. The van der Waals surface area contributed by atoms with E-state index in [1.807, 2.05) is 31.3 Å². The fourth-order valence-corrected chi connectivity index (χ4v) is 2.13. The van der Waals surface area contributed by atoms with E-state index < -0.39 is 5.82 Å². The summed E-state index contributed by atoms with van der Waals surface area (Å²) in [4.78, 5) is 0. The van der Waals surface area contributed by atoms with Gasteiger partial charge < -0.3 is 10.1 Å². The molecule has 2 rings (SSSR count). The molecule has 0 bridgehead atoms. The van der Waals surface area contributed by atoms with Crippen molar-refractivity contribution in [1.82, 2.24) is 5.32 Å². The Kier molecular flexibility index (Phi) is 4.34. The highest BCUT2D eigenvalue weighted by molar-refractivity contribution is 5.70. The minimum atomic E-state index is -0.412. The maximum absolute atomic E-state index is 13.6. The van der Waals surface area contributed by atoms with Gasteiger partial charge in [0, 0.05) is 6.54 Å². The highest BCUT2D eigenvalue weighted by Crippen LogP contribution is 2.28. The lowest BCUT2D eigenvalue weighted by Gasteiger charge is -2.12. The van der Waals surface area contributed by atoms with Crippen LogP contribution >= 0.6 is 0 Å². The Balaban J connectivity index is 2.56. The number of halogens is 1. The third kappa shape index (κ3) is 2.95. The molecule has 0 fully saturated rings. The summed E-state index contributed by atoms with van der Waals surface area (Å²) < 4.78 is 18.8. The number of nitrogens with one attached hydrogen (secondary N) is 1. The number of nitrogens with zero attached hydrogens (tertiary/aromatic N) is 1. The topological polar surface area (TPSA) is 45.0 Å². The molecule has 0 saturated carbocycles. The summed E-state index contributed by atoms with van der Waals surface area (Å²) in [5.74, 6) is 0.334. The lowest BCUT2D eigenvalue weighted by atomic mass is 9.97. The van der Waals surface area contributed by atoms with Gasteiger partial charge in [0.05, 0.1) is 18.7 Å². The normalized spacial score (nSPS) is 10.1. The van der Waals surface area contributed by atoms with E-state index in [1.165, 1.54) is 12.1 Å². The van der Waals surface area contributed by atoms with E-state index in [4.69, 9.17) is 10.00 Å². The van der Waals surface area contributed by atoms with E-state index in [-0.39, 0.29) is 0 Å². The van der Waals surface area contributed by atoms with E-state index in [9.17, 15) is 4.39 Å². The molecule has 3 nitrogen and oxygen atoms in total. The Bertz CT molecular complexity index is 662. The summed E-state index contributed by atoms with van der Waals surface area (Å²) in [6.07, 6.45) is 0. The largest absolute Gasteiger partial charge is 0.497 e. The molecule has 0 heterocycles. The van der Waals surface area contributed by atoms with Crippen LogP contribution in [0.1, 0.15) is 11.1 Å². The average Bonchev–Trinajstić information content (AvgIpc) is 2.46. The van der Waals surface area contributed by atoms with Gasteiger partial charge in [-0.1, -0.05) is 6.07 Å². The molecular formula is C16H15FN2O. The second-order valence-electron chi connectivity index (χ2n) is 4.39. The SMILES string of the molecule is CNCc1cc(OC)ccc1-c1cc(F)cc(C#N)c1. The number of nitriles is 1.